The van der Waals surface area contributed by atoms with Gasteiger partial charge in [0.1, 0.15) is 17.2 Å². The Morgan fingerprint density at radius 2 is 1.48 bits per heavy atom. The summed E-state index contributed by atoms with van der Waals surface area (Å²) in [6, 6.07) is 24.5. The molecular formula is C32H26ClN3O6. The third kappa shape index (κ3) is 5.63. The number of nitrogens with zero attached hydrogens (tertiary/aromatic N) is 1. The number of rotatable bonds is 9. The summed E-state index contributed by atoms with van der Waals surface area (Å²) in [5, 5.41) is 5.14. The second kappa shape index (κ2) is 12.5. The van der Waals surface area contributed by atoms with Gasteiger partial charge in [-0.15, -0.1) is 0 Å². The molecule has 0 unspecified atom stereocenters. The van der Waals surface area contributed by atoms with E-state index in [0.29, 0.717) is 39.3 Å². The Morgan fingerprint density at radius 1 is 0.810 bits per heavy atom. The van der Waals surface area contributed by atoms with Gasteiger partial charge < -0.3 is 23.9 Å². The number of hydrazone groups is 1. The molecule has 1 amide bonds. The smallest absolute Gasteiger partial charge is 0.345 e. The molecule has 212 valence electrons. The summed E-state index contributed by atoms with van der Waals surface area (Å²) < 4.78 is 22.1. The van der Waals surface area contributed by atoms with Crippen LogP contribution < -0.4 is 24.4 Å². The number of fused-ring (bicyclic) bond motifs is 1. The number of hydrogen-bond acceptors (Lipinski definition) is 7. The SMILES string of the molecule is COc1cc(C=NNC(=O)c2[nH]c3c(OC)ccc(OC)c3c2-c2ccccc2)ccc1OC(=O)c1ccccc1Cl. The normalized spacial score (nSPS) is 11.0. The first-order chi connectivity index (χ1) is 20.4. The largest absolute Gasteiger partial charge is 0.496 e. The quantitative estimate of drug-likeness (QED) is 0.0887. The molecule has 0 atom stereocenters. The molecule has 0 saturated carbocycles. The lowest BCUT2D eigenvalue weighted by molar-refractivity contribution is 0.0729. The van der Waals surface area contributed by atoms with Crippen molar-refractivity contribution in [2.75, 3.05) is 21.3 Å². The van der Waals surface area contributed by atoms with Crippen LogP contribution in [-0.2, 0) is 0 Å². The van der Waals surface area contributed by atoms with Gasteiger partial charge in [0.25, 0.3) is 5.91 Å². The summed E-state index contributed by atoms with van der Waals surface area (Å²) >= 11 is 6.11. The molecule has 0 aliphatic rings. The molecular weight excluding hydrogens is 558 g/mol. The molecule has 1 heterocycles. The van der Waals surface area contributed by atoms with Crippen LogP contribution in [-0.4, -0.2) is 44.4 Å². The molecule has 0 fully saturated rings. The molecule has 0 spiro atoms. The number of ether oxygens (including phenoxy) is 4. The predicted molar refractivity (Wildman–Crippen MR) is 161 cm³/mol. The minimum Gasteiger partial charge on any atom is -0.496 e. The molecule has 42 heavy (non-hydrogen) atoms. The van der Waals surface area contributed by atoms with Gasteiger partial charge in [-0.05, 0) is 53.6 Å². The van der Waals surface area contributed by atoms with Gasteiger partial charge >= 0.3 is 5.97 Å². The summed E-state index contributed by atoms with van der Waals surface area (Å²) in [4.78, 5) is 29.2. The van der Waals surface area contributed by atoms with Crippen molar-refractivity contribution in [1.29, 1.82) is 0 Å². The predicted octanol–water partition coefficient (Wildman–Crippen LogP) is 6.50. The number of aromatic amines is 1. The Hall–Kier alpha value is -5.28. The number of H-pyrrole nitrogens is 1. The van der Waals surface area contributed by atoms with Gasteiger partial charge in [0.2, 0.25) is 0 Å². The fourth-order valence-electron chi connectivity index (χ4n) is 4.50. The topological polar surface area (TPSA) is 111 Å². The van der Waals surface area contributed by atoms with E-state index >= 15 is 0 Å². The van der Waals surface area contributed by atoms with E-state index in [-0.39, 0.29) is 22.0 Å². The molecule has 5 aromatic rings. The Bertz CT molecular complexity index is 1800. The first-order valence-corrected chi connectivity index (χ1v) is 13.1. The van der Waals surface area contributed by atoms with Crippen molar-refractivity contribution in [3.8, 4) is 34.1 Å². The van der Waals surface area contributed by atoms with E-state index in [1.165, 1.54) is 13.3 Å². The average Bonchev–Trinajstić information content (AvgIpc) is 3.43. The highest BCUT2D eigenvalue weighted by Gasteiger charge is 2.24. The van der Waals surface area contributed by atoms with E-state index in [9.17, 15) is 9.59 Å². The van der Waals surface area contributed by atoms with Crippen molar-refractivity contribution in [1.82, 2.24) is 10.4 Å². The Balaban J connectivity index is 1.41. The van der Waals surface area contributed by atoms with Crippen LogP contribution >= 0.6 is 11.6 Å². The molecule has 10 heteroatoms. The highest BCUT2D eigenvalue weighted by Crippen LogP contribution is 2.42. The molecule has 0 radical (unpaired) electrons. The summed E-state index contributed by atoms with van der Waals surface area (Å²) in [6.45, 7) is 0. The first-order valence-electron chi connectivity index (χ1n) is 12.7. The number of amides is 1. The third-order valence-corrected chi connectivity index (χ3v) is 6.80. The van der Waals surface area contributed by atoms with Crippen molar-refractivity contribution in [3.05, 3.63) is 107 Å². The molecule has 0 aliphatic carbocycles. The van der Waals surface area contributed by atoms with Crippen LogP contribution in [0.3, 0.4) is 0 Å². The second-order valence-corrected chi connectivity index (χ2v) is 9.35. The monoisotopic (exact) mass is 583 g/mol. The maximum Gasteiger partial charge on any atom is 0.345 e. The van der Waals surface area contributed by atoms with Crippen LogP contribution in [0.25, 0.3) is 22.0 Å². The lowest BCUT2D eigenvalue weighted by Gasteiger charge is -2.10. The molecule has 0 aliphatic heterocycles. The lowest BCUT2D eigenvalue weighted by atomic mass is 10.0. The van der Waals surface area contributed by atoms with Crippen molar-refractivity contribution in [2.45, 2.75) is 0 Å². The minimum absolute atomic E-state index is 0.206. The molecule has 1 aromatic heterocycles. The number of carbonyl (C=O) groups is 2. The van der Waals surface area contributed by atoms with Gasteiger partial charge in [0.05, 0.1) is 49.0 Å². The van der Waals surface area contributed by atoms with Gasteiger partial charge in [-0.1, -0.05) is 54.1 Å². The zero-order valence-electron chi connectivity index (χ0n) is 22.9. The van der Waals surface area contributed by atoms with Crippen LogP contribution in [0.15, 0.2) is 90.0 Å². The van der Waals surface area contributed by atoms with Crippen LogP contribution in [0.4, 0.5) is 0 Å². The number of carbonyl (C=O) groups excluding carboxylic acids is 2. The van der Waals surface area contributed by atoms with E-state index in [2.05, 4.69) is 15.5 Å². The minimum atomic E-state index is -0.617. The fraction of sp³-hybridized carbons (Fsp3) is 0.0938. The standard InChI is InChI=1S/C32H26ClN3O6/c1-39-24-15-16-25(40-2)29-28(24)27(20-9-5-4-6-10-20)30(35-29)31(37)36-34-18-19-13-14-23(26(17-19)41-3)42-32(38)21-11-7-8-12-22(21)33/h4-18,35H,1-3H3,(H,36,37). The molecule has 5 rings (SSSR count). The fourth-order valence-corrected chi connectivity index (χ4v) is 4.72. The van der Waals surface area contributed by atoms with Crippen LogP contribution in [0.2, 0.25) is 5.02 Å². The first kappa shape index (κ1) is 28.3. The summed E-state index contributed by atoms with van der Waals surface area (Å²) in [6.07, 6.45) is 1.45. The number of benzene rings is 4. The third-order valence-electron chi connectivity index (χ3n) is 6.47. The second-order valence-electron chi connectivity index (χ2n) is 8.94. The molecule has 0 saturated heterocycles. The summed E-state index contributed by atoms with van der Waals surface area (Å²) in [5.41, 5.74) is 5.78. The lowest BCUT2D eigenvalue weighted by Crippen LogP contribution is -2.19. The van der Waals surface area contributed by atoms with Crippen LogP contribution in [0.5, 0.6) is 23.0 Å². The highest BCUT2D eigenvalue weighted by atomic mass is 35.5. The van der Waals surface area contributed by atoms with Gasteiger partial charge in [-0.2, -0.15) is 5.10 Å². The zero-order valence-corrected chi connectivity index (χ0v) is 23.7. The number of halogens is 1. The van der Waals surface area contributed by atoms with Crippen LogP contribution in [0.1, 0.15) is 26.4 Å². The van der Waals surface area contributed by atoms with E-state index < -0.39 is 11.9 Å². The van der Waals surface area contributed by atoms with Gasteiger partial charge in [0, 0.05) is 5.56 Å². The molecule has 9 nitrogen and oxygen atoms in total. The van der Waals surface area contributed by atoms with Crippen molar-refractivity contribution in [3.63, 3.8) is 0 Å². The van der Waals surface area contributed by atoms with Gasteiger partial charge in [0.15, 0.2) is 11.5 Å². The van der Waals surface area contributed by atoms with E-state index in [1.807, 2.05) is 30.3 Å². The van der Waals surface area contributed by atoms with E-state index in [1.54, 1.807) is 68.8 Å². The number of aromatic nitrogens is 1. The maximum atomic E-state index is 13.4. The highest BCUT2D eigenvalue weighted by molar-refractivity contribution is 6.33. The molecule has 0 bridgehead atoms. The summed E-state index contributed by atoms with van der Waals surface area (Å²) in [7, 11) is 4.59. The maximum absolute atomic E-state index is 13.4. The Labute approximate surface area is 246 Å². The van der Waals surface area contributed by atoms with Crippen molar-refractivity contribution < 1.29 is 28.5 Å². The molecule has 2 N–H and O–H groups in total. The number of esters is 1. The zero-order chi connectivity index (χ0) is 29.6. The van der Waals surface area contributed by atoms with E-state index in [0.717, 1.165) is 5.56 Å². The van der Waals surface area contributed by atoms with Crippen molar-refractivity contribution >= 4 is 40.6 Å². The Morgan fingerprint density at radius 3 is 2.19 bits per heavy atom. The Kier molecular flexibility index (Phi) is 8.40. The van der Waals surface area contributed by atoms with Gasteiger partial charge in [-0.25, -0.2) is 10.2 Å². The van der Waals surface area contributed by atoms with Crippen LogP contribution in [0, 0.1) is 0 Å². The summed E-state index contributed by atoms with van der Waals surface area (Å²) in [5.74, 6) is 0.568. The molecule has 4 aromatic carbocycles. The number of methoxy groups -OCH3 is 3. The number of hydrogen-bond donors (Lipinski definition) is 2. The van der Waals surface area contributed by atoms with Gasteiger partial charge in [-0.3, -0.25) is 4.79 Å². The average molecular weight is 584 g/mol. The van der Waals surface area contributed by atoms with E-state index in [4.69, 9.17) is 30.5 Å². The van der Waals surface area contributed by atoms with Crippen molar-refractivity contribution in [2.24, 2.45) is 5.10 Å². The number of nitrogens with one attached hydrogen (secondary N) is 2.